The molecule has 1 amide bonds. The van der Waals surface area contributed by atoms with Gasteiger partial charge >= 0.3 is 11.9 Å². The van der Waals surface area contributed by atoms with Gasteiger partial charge in [-0.3, -0.25) is 9.69 Å². The maximum Gasteiger partial charge on any atom is 0.396 e. The summed E-state index contributed by atoms with van der Waals surface area (Å²) in [5, 5.41) is 2.69. The van der Waals surface area contributed by atoms with Gasteiger partial charge in [0.1, 0.15) is 0 Å². The second-order valence-electron chi connectivity index (χ2n) is 4.18. The highest BCUT2D eigenvalue weighted by molar-refractivity contribution is 6.32. The van der Waals surface area contributed by atoms with Crippen LogP contribution in [0, 0.1) is 0 Å². The summed E-state index contributed by atoms with van der Waals surface area (Å²) < 4.78 is 4.34. The number of nitrogens with zero attached hydrogens (tertiary/aromatic N) is 1. The summed E-state index contributed by atoms with van der Waals surface area (Å²) in [5.41, 5.74) is 0. The zero-order valence-corrected chi connectivity index (χ0v) is 8.86. The number of esters is 1. The zero-order chi connectivity index (χ0) is 10.8. The highest BCUT2D eigenvalue weighted by Gasteiger charge is 2.35. The monoisotopic (exact) mass is 212 g/mol. The molecule has 1 aliphatic carbocycles. The maximum absolute atomic E-state index is 11.2. The minimum Gasteiger partial charge on any atom is -0.462 e. The highest BCUT2D eigenvalue weighted by atomic mass is 16.5. The highest BCUT2D eigenvalue weighted by Crippen LogP contribution is 2.29. The number of rotatable bonds is 2. The third-order valence-corrected chi connectivity index (χ3v) is 2.99. The van der Waals surface area contributed by atoms with Crippen molar-refractivity contribution in [3.05, 3.63) is 0 Å². The Morgan fingerprint density at radius 3 is 2.67 bits per heavy atom. The Balaban J connectivity index is 1.76. The van der Waals surface area contributed by atoms with Gasteiger partial charge in [0.05, 0.1) is 7.11 Å². The Bertz CT molecular complexity index is 276. The molecular formula is C10H16N2O3. The largest absolute Gasteiger partial charge is 0.462 e. The average Bonchev–Trinajstić information content (AvgIpc) is 2.99. The fourth-order valence-corrected chi connectivity index (χ4v) is 2.01. The van der Waals surface area contributed by atoms with Gasteiger partial charge in [0.15, 0.2) is 0 Å². The number of carbonyl (C=O) groups excluding carboxylic acids is 2. The van der Waals surface area contributed by atoms with Gasteiger partial charge in [-0.2, -0.15) is 0 Å². The molecule has 2 aliphatic rings. The van der Waals surface area contributed by atoms with Crippen LogP contribution in [-0.2, 0) is 14.3 Å². The molecule has 2 rings (SSSR count). The molecule has 0 aromatic heterocycles. The van der Waals surface area contributed by atoms with E-state index in [0.29, 0.717) is 0 Å². The number of carbonyl (C=O) groups is 2. The molecule has 15 heavy (non-hydrogen) atoms. The van der Waals surface area contributed by atoms with Crippen molar-refractivity contribution in [1.29, 1.82) is 0 Å². The summed E-state index contributed by atoms with van der Waals surface area (Å²) in [4.78, 5) is 24.5. The molecule has 0 aromatic rings. The Kier molecular flexibility index (Phi) is 2.90. The topological polar surface area (TPSA) is 58.6 Å². The maximum atomic E-state index is 11.2. The molecule has 1 heterocycles. The van der Waals surface area contributed by atoms with Crippen LogP contribution in [0.4, 0.5) is 0 Å². The summed E-state index contributed by atoms with van der Waals surface area (Å²) in [7, 11) is 1.22. The van der Waals surface area contributed by atoms with E-state index < -0.39 is 11.9 Å². The second-order valence-corrected chi connectivity index (χ2v) is 4.18. The van der Waals surface area contributed by atoms with Gasteiger partial charge in [0, 0.05) is 25.2 Å². The number of amides is 1. The number of likely N-dealkylation sites (tertiary alicyclic amines) is 1. The number of methoxy groups -OCH3 is 1. The molecule has 2 fully saturated rings. The fourth-order valence-electron chi connectivity index (χ4n) is 2.01. The van der Waals surface area contributed by atoms with Crippen molar-refractivity contribution < 1.29 is 14.3 Å². The van der Waals surface area contributed by atoms with Gasteiger partial charge in [0.25, 0.3) is 0 Å². The van der Waals surface area contributed by atoms with E-state index in [0.717, 1.165) is 25.6 Å². The zero-order valence-electron chi connectivity index (χ0n) is 8.86. The first-order valence-electron chi connectivity index (χ1n) is 5.33. The van der Waals surface area contributed by atoms with Gasteiger partial charge in [-0.15, -0.1) is 0 Å². The van der Waals surface area contributed by atoms with Gasteiger partial charge in [-0.25, -0.2) is 4.79 Å². The standard InChI is InChI=1S/C10H16N2O3/c1-15-10(14)9(13)11-7-4-5-12(6-7)8-2-3-8/h7-8H,2-6H2,1H3,(H,11,13). The first-order valence-corrected chi connectivity index (χ1v) is 5.33. The summed E-state index contributed by atoms with van der Waals surface area (Å²) in [6.45, 7) is 1.89. The normalized spacial score (nSPS) is 26.3. The van der Waals surface area contributed by atoms with Crippen LogP contribution in [-0.4, -0.2) is 49.1 Å². The van der Waals surface area contributed by atoms with Crippen LogP contribution in [0.15, 0.2) is 0 Å². The Morgan fingerprint density at radius 1 is 1.33 bits per heavy atom. The van der Waals surface area contributed by atoms with Crippen LogP contribution in [0.2, 0.25) is 0 Å². The average molecular weight is 212 g/mol. The molecule has 5 nitrogen and oxygen atoms in total. The smallest absolute Gasteiger partial charge is 0.396 e. The van der Waals surface area contributed by atoms with Crippen LogP contribution in [0.1, 0.15) is 19.3 Å². The first-order chi connectivity index (χ1) is 7.20. The molecule has 0 bridgehead atoms. The fraction of sp³-hybridized carbons (Fsp3) is 0.800. The van der Waals surface area contributed by atoms with Crippen molar-refractivity contribution in [3.8, 4) is 0 Å². The van der Waals surface area contributed by atoms with Crippen LogP contribution >= 0.6 is 0 Å². The predicted molar refractivity (Wildman–Crippen MR) is 53.2 cm³/mol. The van der Waals surface area contributed by atoms with E-state index in [1.807, 2.05) is 0 Å². The molecule has 0 spiro atoms. The lowest BCUT2D eigenvalue weighted by molar-refractivity contribution is -0.153. The van der Waals surface area contributed by atoms with Crippen LogP contribution in [0.5, 0.6) is 0 Å². The number of hydrogen-bond acceptors (Lipinski definition) is 4. The van der Waals surface area contributed by atoms with Crippen molar-refractivity contribution in [2.45, 2.75) is 31.3 Å². The van der Waals surface area contributed by atoms with Gasteiger partial charge < -0.3 is 10.1 Å². The molecular weight excluding hydrogens is 196 g/mol. The minimum absolute atomic E-state index is 0.109. The number of ether oxygens (including phenoxy) is 1. The lowest BCUT2D eigenvalue weighted by atomic mass is 10.2. The van der Waals surface area contributed by atoms with Gasteiger partial charge in [-0.05, 0) is 19.3 Å². The van der Waals surface area contributed by atoms with Gasteiger partial charge in [-0.1, -0.05) is 0 Å². The number of nitrogens with one attached hydrogen (secondary N) is 1. The Morgan fingerprint density at radius 2 is 2.07 bits per heavy atom. The molecule has 1 aliphatic heterocycles. The van der Waals surface area contributed by atoms with E-state index in [9.17, 15) is 9.59 Å². The summed E-state index contributed by atoms with van der Waals surface area (Å²) in [6.07, 6.45) is 3.48. The third-order valence-electron chi connectivity index (χ3n) is 2.99. The third kappa shape index (κ3) is 2.47. The van der Waals surface area contributed by atoms with Crippen molar-refractivity contribution in [1.82, 2.24) is 10.2 Å². The van der Waals surface area contributed by atoms with E-state index in [4.69, 9.17) is 0 Å². The Hall–Kier alpha value is -1.10. The minimum atomic E-state index is -0.806. The van der Waals surface area contributed by atoms with E-state index >= 15 is 0 Å². The molecule has 0 radical (unpaired) electrons. The molecule has 1 saturated carbocycles. The van der Waals surface area contributed by atoms with Crippen LogP contribution in [0.25, 0.3) is 0 Å². The molecule has 1 N–H and O–H groups in total. The van der Waals surface area contributed by atoms with Crippen molar-refractivity contribution in [2.75, 3.05) is 20.2 Å². The molecule has 5 heteroatoms. The lowest BCUT2D eigenvalue weighted by Crippen LogP contribution is -2.41. The predicted octanol–water partition coefficient (Wildman–Crippen LogP) is -0.488. The van der Waals surface area contributed by atoms with E-state index in [1.54, 1.807) is 0 Å². The molecule has 0 aromatic carbocycles. The lowest BCUT2D eigenvalue weighted by Gasteiger charge is -2.15. The summed E-state index contributed by atoms with van der Waals surface area (Å²) >= 11 is 0. The van der Waals surface area contributed by atoms with Gasteiger partial charge in [0.2, 0.25) is 0 Å². The molecule has 1 saturated heterocycles. The Labute approximate surface area is 88.8 Å². The summed E-state index contributed by atoms with van der Waals surface area (Å²) in [6, 6.07) is 0.835. The first kappa shape index (κ1) is 10.4. The van der Waals surface area contributed by atoms with E-state index in [-0.39, 0.29) is 6.04 Å². The van der Waals surface area contributed by atoms with Crippen LogP contribution < -0.4 is 5.32 Å². The van der Waals surface area contributed by atoms with E-state index in [1.165, 1.54) is 20.0 Å². The van der Waals surface area contributed by atoms with E-state index in [2.05, 4.69) is 15.0 Å². The second kappa shape index (κ2) is 4.18. The van der Waals surface area contributed by atoms with Crippen LogP contribution in [0.3, 0.4) is 0 Å². The number of hydrogen-bond donors (Lipinski definition) is 1. The van der Waals surface area contributed by atoms with Crippen molar-refractivity contribution in [2.24, 2.45) is 0 Å². The van der Waals surface area contributed by atoms with Crippen molar-refractivity contribution >= 4 is 11.9 Å². The van der Waals surface area contributed by atoms with Crippen molar-refractivity contribution in [3.63, 3.8) is 0 Å². The molecule has 1 atom stereocenters. The SMILES string of the molecule is COC(=O)C(=O)NC1CCN(C2CC2)C1. The molecule has 84 valence electrons. The molecule has 1 unspecified atom stereocenters. The quantitative estimate of drug-likeness (QED) is 0.496. The summed E-state index contributed by atoms with van der Waals surface area (Å²) in [5.74, 6) is -1.43.